The van der Waals surface area contributed by atoms with Gasteiger partial charge in [-0.05, 0) is 36.0 Å². The van der Waals surface area contributed by atoms with Gasteiger partial charge in [0.25, 0.3) is 0 Å². The molecule has 1 aliphatic heterocycles. The Hall–Kier alpha value is -4.40. The molecule has 9 nitrogen and oxygen atoms in total. The van der Waals surface area contributed by atoms with Crippen LogP contribution in [0.2, 0.25) is 0 Å². The van der Waals surface area contributed by atoms with Crippen molar-refractivity contribution < 1.29 is 14.3 Å². The third kappa shape index (κ3) is 5.72. The van der Waals surface area contributed by atoms with Crippen molar-refractivity contribution in [1.82, 2.24) is 30.2 Å². The van der Waals surface area contributed by atoms with E-state index in [4.69, 9.17) is 4.74 Å². The molecule has 1 fully saturated rings. The lowest BCUT2D eigenvalue weighted by Gasteiger charge is -2.26. The maximum atomic E-state index is 13.1. The zero-order chi connectivity index (χ0) is 27.5. The molecule has 39 heavy (non-hydrogen) atoms. The van der Waals surface area contributed by atoms with E-state index in [9.17, 15) is 9.59 Å². The molecule has 2 aromatic carbocycles. The van der Waals surface area contributed by atoms with E-state index in [1.807, 2.05) is 33.2 Å². The molecule has 0 saturated carbocycles. The predicted octanol–water partition coefficient (Wildman–Crippen LogP) is 5.14. The maximum absolute atomic E-state index is 13.1. The quantitative estimate of drug-likeness (QED) is 0.308. The molecule has 2 atom stereocenters. The maximum Gasteiger partial charge on any atom is 0.407 e. The second kappa shape index (κ2) is 11.1. The van der Waals surface area contributed by atoms with E-state index in [0.29, 0.717) is 13.1 Å². The fraction of sp³-hybridized carbons (Fsp3) is 0.333. The Morgan fingerprint density at radius 1 is 1.03 bits per heavy atom. The van der Waals surface area contributed by atoms with Gasteiger partial charge >= 0.3 is 6.09 Å². The molecule has 9 heteroatoms. The molecular formula is C30H34N6O3. The van der Waals surface area contributed by atoms with Crippen molar-refractivity contribution in [3.8, 4) is 33.6 Å². The molecule has 202 valence electrons. The molecule has 0 bridgehead atoms. The lowest BCUT2D eigenvalue weighted by molar-refractivity contribution is -0.133. The summed E-state index contributed by atoms with van der Waals surface area (Å²) in [5.74, 6) is 1.75. The molecule has 3 N–H and O–H groups in total. The van der Waals surface area contributed by atoms with Crippen LogP contribution < -0.4 is 5.32 Å². The Kier molecular flexibility index (Phi) is 7.49. The first-order valence-electron chi connectivity index (χ1n) is 13.2. The Morgan fingerprint density at radius 2 is 1.67 bits per heavy atom. The second-order valence-electron chi connectivity index (χ2n) is 10.3. The smallest absolute Gasteiger partial charge is 0.407 e. The van der Waals surface area contributed by atoms with Crippen LogP contribution in [-0.2, 0) is 9.53 Å². The van der Waals surface area contributed by atoms with Crippen molar-refractivity contribution in [3.05, 3.63) is 72.6 Å². The minimum atomic E-state index is -0.618. The number of nitrogens with one attached hydrogen (secondary N) is 3. The lowest BCUT2D eigenvalue weighted by atomic mass is 10.0. The van der Waals surface area contributed by atoms with Gasteiger partial charge in [0.15, 0.2) is 0 Å². The molecule has 0 spiro atoms. The number of carbonyl (C=O) groups excluding carboxylic acids is 2. The van der Waals surface area contributed by atoms with E-state index in [2.05, 4.69) is 73.8 Å². The Labute approximate surface area is 228 Å². The van der Waals surface area contributed by atoms with Gasteiger partial charge in [-0.2, -0.15) is 0 Å². The van der Waals surface area contributed by atoms with Gasteiger partial charge in [0, 0.05) is 30.8 Å². The van der Waals surface area contributed by atoms with Crippen molar-refractivity contribution in [2.75, 3.05) is 20.2 Å². The molecule has 1 aliphatic rings. The number of aromatic nitrogens is 4. The van der Waals surface area contributed by atoms with Crippen molar-refractivity contribution in [3.63, 3.8) is 0 Å². The van der Waals surface area contributed by atoms with Gasteiger partial charge in [0.1, 0.15) is 17.7 Å². The van der Waals surface area contributed by atoms with Gasteiger partial charge in [-0.25, -0.2) is 14.8 Å². The van der Waals surface area contributed by atoms with E-state index in [-0.39, 0.29) is 17.7 Å². The summed E-state index contributed by atoms with van der Waals surface area (Å²) in [7, 11) is 1.30. The van der Waals surface area contributed by atoms with E-state index in [1.54, 1.807) is 4.90 Å². The average Bonchev–Trinajstić information content (AvgIpc) is 3.72. The minimum absolute atomic E-state index is 0.0489. The summed E-state index contributed by atoms with van der Waals surface area (Å²) in [6.07, 6.45) is 3.99. The zero-order valence-corrected chi connectivity index (χ0v) is 22.7. The molecule has 1 saturated heterocycles. The highest BCUT2D eigenvalue weighted by Gasteiger charge is 2.35. The summed E-state index contributed by atoms with van der Waals surface area (Å²) < 4.78 is 4.69. The summed E-state index contributed by atoms with van der Waals surface area (Å²) in [6, 6.07) is 16.2. The highest BCUT2D eigenvalue weighted by molar-refractivity contribution is 5.86. The lowest BCUT2D eigenvalue weighted by Crippen LogP contribution is -2.50. The third-order valence-electron chi connectivity index (χ3n) is 7.29. The van der Waals surface area contributed by atoms with E-state index in [0.717, 1.165) is 51.7 Å². The topological polar surface area (TPSA) is 116 Å². The van der Waals surface area contributed by atoms with E-state index < -0.39 is 12.1 Å². The Bertz CT molecular complexity index is 1440. The summed E-state index contributed by atoms with van der Waals surface area (Å²) in [5.41, 5.74) is 6.29. The first-order chi connectivity index (χ1) is 18.8. The first-order valence-corrected chi connectivity index (χ1v) is 13.2. The van der Waals surface area contributed by atoms with E-state index >= 15 is 0 Å². The monoisotopic (exact) mass is 526 g/mol. The van der Waals surface area contributed by atoms with Gasteiger partial charge in [0.05, 0.1) is 24.7 Å². The van der Waals surface area contributed by atoms with Gasteiger partial charge in [-0.3, -0.25) is 4.79 Å². The van der Waals surface area contributed by atoms with Crippen LogP contribution in [0, 0.1) is 12.8 Å². The molecule has 0 unspecified atom stereocenters. The molecule has 0 radical (unpaired) electrons. The number of aromatic amines is 2. The number of rotatable bonds is 7. The summed E-state index contributed by atoms with van der Waals surface area (Å²) in [5, 5.41) is 2.67. The number of likely N-dealkylation sites (tertiary alicyclic amines) is 1. The number of aryl methyl sites for hydroxylation is 1. The number of benzene rings is 2. The standard InChI is InChI=1S/C30H34N6O3/c1-18(2)27(35-30(38)39-4)29(37)36-14-13-24(17-36)28-32-16-26(34-28)23-11-7-21(8-12-23)20-5-9-22(10-6-20)25-15-31-19(3)33-25/h5-12,15-16,18,24,27H,13-14,17H2,1-4H3,(H,31,33)(H,32,34)(H,35,38)/t24-,27-/m0/s1. The van der Waals surface area contributed by atoms with Crippen molar-refractivity contribution >= 4 is 12.0 Å². The predicted molar refractivity (Wildman–Crippen MR) is 150 cm³/mol. The zero-order valence-electron chi connectivity index (χ0n) is 22.7. The number of hydrogen-bond acceptors (Lipinski definition) is 5. The van der Waals surface area contributed by atoms with E-state index in [1.165, 1.54) is 7.11 Å². The van der Waals surface area contributed by atoms with Crippen molar-refractivity contribution in [2.24, 2.45) is 5.92 Å². The van der Waals surface area contributed by atoms with Crippen LogP contribution in [0.25, 0.3) is 33.6 Å². The van der Waals surface area contributed by atoms with Crippen LogP contribution in [0.15, 0.2) is 60.9 Å². The molecule has 4 aromatic rings. The summed E-state index contributed by atoms with van der Waals surface area (Å²) in [6.45, 7) is 6.95. The SMILES string of the molecule is COC(=O)N[C@H](C(=O)N1CC[C@H](c2ncc(-c3ccc(-c4ccc(-c5c[nH]c(C)n5)cc4)cc3)[nH]2)C1)C(C)C. The van der Waals surface area contributed by atoms with Crippen LogP contribution in [-0.4, -0.2) is 63.1 Å². The highest BCUT2D eigenvalue weighted by Crippen LogP contribution is 2.30. The normalized spacial score (nSPS) is 15.9. The number of alkyl carbamates (subject to hydrolysis) is 1. The molecule has 2 amide bonds. The van der Waals surface area contributed by atoms with Gasteiger partial charge in [-0.15, -0.1) is 0 Å². The van der Waals surface area contributed by atoms with Gasteiger partial charge in [-0.1, -0.05) is 62.4 Å². The Morgan fingerprint density at radius 3 is 2.26 bits per heavy atom. The first kappa shape index (κ1) is 26.2. The largest absolute Gasteiger partial charge is 0.453 e. The molecule has 5 rings (SSSR count). The van der Waals surface area contributed by atoms with Crippen LogP contribution in [0.5, 0.6) is 0 Å². The van der Waals surface area contributed by atoms with Crippen LogP contribution in [0.1, 0.15) is 37.8 Å². The number of imidazole rings is 2. The number of ether oxygens (including phenoxy) is 1. The summed E-state index contributed by atoms with van der Waals surface area (Å²) in [4.78, 5) is 42.3. The van der Waals surface area contributed by atoms with Crippen molar-refractivity contribution in [2.45, 2.75) is 39.2 Å². The molecular weight excluding hydrogens is 492 g/mol. The van der Waals surface area contributed by atoms with Gasteiger partial charge < -0.3 is 24.9 Å². The van der Waals surface area contributed by atoms with Gasteiger partial charge in [0.2, 0.25) is 5.91 Å². The van der Waals surface area contributed by atoms with Crippen LogP contribution in [0.3, 0.4) is 0 Å². The number of hydrogen-bond donors (Lipinski definition) is 3. The molecule has 2 aromatic heterocycles. The Balaban J connectivity index is 1.23. The summed E-state index contributed by atoms with van der Waals surface area (Å²) >= 11 is 0. The fourth-order valence-corrected chi connectivity index (χ4v) is 5.01. The number of H-pyrrole nitrogens is 2. The van der Waals surface area contributed by atoms with Crippen molar-refractivity contribution in [1.29, 1.82) is 0 Å². The van der Waals surface area contributed by atoms with Crippen LogP contribution >= 0.6 is 0 Å². The number of methoxy groups -OCH3 is 1. The average molecular weight is 527 g/mol. The fourth-order valence-electron chi connectivity index (χ4n) is 5.01. The number of carbonyl (C=O) groups is 2. The minimum Gasteiger partial charge on any atom is -0.453 e. The molecule has 3 heterocycles. The number of nitrogens with zero attached hydrogens (tertiary/aromatic N) is 3. The third-order valence-corrected chi connectivity index (χ3v) is 7.29. The number of amides is 2. The van der Waals surface area contributed by atoms with Crippen LogP contribution in [0.4, 0.5) is 4.79 Å². The highest BCUT2D eigenvalue weighted by atomic mass is 16.5. The molecule has 0 aliphatic carbocycles. The second-order valence-corrected chi connectivity index (χ2v) is 10.3.